The predicted molar refractivity (Wildman–Crippen MR) is 132 cm³/mol. The molecule has 1 aromatic heterocycles. The van der Waals surface area contributed by atoms with Crippen LogP contribution in [0.15, 0.2) is 63.2 Å². The summed E-state index contributed by atoms with van der Waals surface area (Å²) in [5.41, 5.74) is 8.36. The van der Waals surface area contributed by atoms with Crippen LogP contribution in [-0.4, -0.2) is 21.7 Å². The highest BCUT2D eigenvalue weighted by Crippen LogP contribution is 2.55. The van der Waals surface area contributed by atoms with Gasteiger partial charge in [-0.3, -0.25) is 9.48 Å². The molecule has 176 valence electrons. The van der Waals surface area contributed by atoms with E-state index in [1.807, 2.05) is 13.1 Å². The van der Waals surface area contributed by atoms with Gasteiger partial charge < -0.3 is 5.32 Å². The van der Waals surface area contributed by atoms with Crippen LogP contribution < -0.4 is 5.32 Å². The van der Waals surface area contributed by atoms with Gasteiger partial charge in [0.05, 0.1) is 17.3 Å². The van der Waals surface area contributed by atoms with Gasteiger partial charge in [-0.1, -0.05) is 39.0 Å². The SMILES string of the molecule is CC[C@@]1(c2cccc(-c3cnn4c3CCCC4)c2)C2=C(CC(C)(C)CC2=O)NC2N=NC(C)=C21. The Labute approximate surface area is 201 Å². The minimum absolute atomic E-state index is 0.0620. The summed E-state index contributed by atoms with van der Waals surface area (Å²) in [5.74, 6) is 0.250. The van der Waals surface area contributed by atoms with Crippen molar-refractivity contribution in [2.75, 3.05) is 0 Å². The van der Waals surface area contributed by atoms with E-state index in [1.165, 1.54) is 29.7 Å². The first-order valence-corrected chi connectivity index (χ1v) is 12.6. The van der Waals surface area contributed by atoms with Crippen molar-refractivity contribution in [3.05, 3.63) is 64.3 Å². The molecule has 34 heavy (non-hydrogen) atoms. The smallest absolute Gasteiger partial charge is 0.165 e. The van der Waals surface area contributed by atoms with E-state index < -0.39 is 5.41 Å². The van der Waals surface area contributed by atoms with Gasteiger partial charge in [-0.2, -0.15) is 15.3 Å². The molecule has 0 saturated heterocycles. The Hall–Kier alpha value is -3.02. The summed E-state index contributed by atoms with van der Waals surface area (Å²) in [6, 6.07) is 8.82. The van der Waals surface area contributed by atoms with Crippen LogP contribution >= 0.6 is 0 Å². The van der Waals surface area contributed by atoms with Crippen LogP contribution in [0.25, 0.3) is 11.1 Å². The van der Waals surface area contributed by atoms with Gasteiger partial charge in [0.1, 0.15) is 0 Å². The number of Topliss-reactive ketones (excluding diaryl/α,β-unsaturated/α-hetero) is 1. The average Bonchev–Trinajstić information content (AvgIpc) is 3.41. The molecule has 0 saturated carbocycles. The van der Waals surface area contributed by atoms with E-state index in [4.69, 9.17) is 0 Å². The number of carbonyl (C=O) groups is 1. The largest absolute Gasteiger partial charge is 0.362 e. The number of nitrogens with zero attached hydrogens (tertiary/aromatic N) is 4. The summed E-state index contributed by atoms with van der Waals surface area (Å²) in [6.07, 6.45) is 7.50. The Morgan fingerprint density at radius 2 is 2.06 bits per heavy atom. The number of hydrogen-bond acceptors (Lipinski definition) is 5. The van der Waals surface area contributed by atoms with Crippen molar-refractivity contribution in [2.45, 2.75) is 84.3 Å². The monoisotopic (exact) mass is 455 g/mol. The third-order valence-electron chi connectivity index (χ3n) is 8.24. The summed E-state index contributed by atoms with van der Waals surface area (Å²) in [7, 11) is 0. The van der Waals surface area contributed by atoms with E-state index in [1.54, 1.807) is 0 Å². The van der Waals surface area contributed by atoms with Crippen LogP contribution in [0.1, 0.15) is 71.1 Å². The van der Waals surface area contributed by atoms with Crippen molar-refractivity contribution in [2.24, 2.45) is 15.6 Å². The molecule has 0 fully saturated rings. The molecular weight excluding hydrogens is 422 g/mol. The normalized spacial score (nSPS) is 27.4. The highest BCUT2D eigenvalue weighted by molar-refractivity contribution is 6.01. The fourth-order valence-electron chi connectivity index (χ4n) is 6.82. The minimum Gasteiger partial charge on any atom is -0.362 e. The lowest BCUT2D eigenvalue weighted by Crippen LogP contribution is -2.51. The van der Waals surface area contributed by atoms with Gasteiger partial charge in [-0.25, -0.2) is 0 Å². The van der Waals surface area contributed by atoms with Crippen LogP contribution in [0.2, 0.25) is 0 Å². The minimum atomic E-state index is -0.518. The van der Waals surface area contributed by atoms with E-state index >= 15 is 0 Å². The molecule has 4 aliphatic rings. The Morgan fingerprint density at radius 1 is 1.21 bits per heavy atom. The molecule has 0 amide bonds. The first kappa shape index (κ1) is 21.5. The first-order chi connectivity index (χ1) is 16.3. The zero-order chi connectivity index (χ0) is 23.7. The van der Waals surface area contributed by atoms with Crippen LogP contribution in [-0.2, 0) is 23.2 Å². The average molecular weight is 456 g/mol. The first-order valence-electron chi connectivity index (χ1n) is 12.6. The molecule has 4 heterocycles. The Kier molecular flexibility index (Phi) is 4.74. The van der Waals surface area contributed by atoms with Gasteiger partial charge >= 0.3 is 0 Å². The van der Waals surface area contributed by atoms with Crippen molar-refractivity contribution >= 4 is 5.78 Å². The molecule has 3 aliphatic heterocycles. The lowest BCUT2D eigenvalue weighted by atomic mass is 9.58. The highest BCUT2D eigenvalue weighted by atomic mass is 16.1. The number of fused-ring (bicyclic) bond motifs is 2. The third kappa shape index (κ3) is 3.00. The number of aromatic nitrogens is 2. The van der Waals surface area contributed by atoms with E-state index in [0.29, 0.717) is 6.42 Å². The molecule has 1 aliphatic carbocycles. The zero-order valence-electron chi connectivity index (χ0n) is 20.6. The molecule has 1 N–H and O–H groups in total. The highest BCUT2D eigenvalue weighted by Gasteiger charge is 2.53. The molecule has 2 atom stereocenters. The van der Waals surface area contributed by atoms with Crippen LogP contribution in [0.4, 0.5) is 0 Å². The molecule has 0 bridgehead atoms. The standard InChI is InChI=1S/C28H33N5O/c1-5-28(19-10-8-9-18(13-19)20-16-29-33-12-7-6-11-22(20)33)24-17(2)31-32-26(24)30-21-14-27(3,4)15-23(34)25(21)28/h8-10,13,16,26,30H,5-7,11-12,14-15H2,1-4H3/t26?,28-/m0/s1. The molecule has 1 unspecified atom stereocenters. The quantitative estimate of drug-likeness (QED) is 0.631. The second-order valence-electron chi connectivity index (χ2n) is 11.1. The predicted octanol–water partition coefficient (Wildman–Crippen LogP) is 5.85. The number of carbonyl (C=O) groups excluding carboxylic acids is 1. The molecule has 0 spiro atoms. The molecule has 6 heteroatoms. The van der Waals surface area contributed by atoms with Gasteiger partial charge in [0, 0.05) is 41.1 Å². The van der Waals surface area contributed by atoms with E-state index in [0.717, 1.165) is 53.9 Å². The van der Waals surface area contributed by atoms with Crippen molar-refractivity contribution in [3.63, 3.8) is 0 Å². The van der Waals surface area contributed by atoms with E-state index in [2.05, 4.69) is 70.4 Å². The van der Waals surface area contributed by atoms with Gasteiger partial charge in [0.2, 0.25) is 0 Å². The molecule has 1 aromatic carbocycles. The number of allylic oxidation sites excluding steroid dienone is 3. The molecule has 6 nitrogen and oxygen atoms in total. The Balaban J connectivity index is 1.57. The van der Waals surface area contributed by atoms with Crippen molar-refractivity contribution < 1.29 is 4.79 Å². The van der Waals surface area contributed by atoms with Crippen LogP contribution in [0, 0.1) is 5.41 Å². The number of ketones is 1. The molecule has 6 rings (SSSR count). The molecule has 0 radical (unpaired) electrons. The van der Waals surface area contributed by atoms with E-state index in [-0.39, 0.29) is 17.4 Å². The fraction of sp³-hybridized carbons (Fsp3) is 0.500. The summed E-state index contributed by atoms with van der Waals surface area (Å²) in [6.45, 7) is 9.59. The maximum atomic E-state index is 13.8. The number of azo groups is 1. The van der Waals surface area contributed by atoms with Gasteiger partial charge in [-0.15, -0.1) is 0 Å². The van der Waals surface area contributed by atoms with Gasteiger partial charge in [0.15, 0.2) is 11.9 Å². The summed E-state index contributed by atoms with van der Waals surface area (Å²) in [4.78, 5) is 13.8. The number of hydrogen-bond donors (Lipinski definition) is 1. The number of rotatable bonds is 3. The lowest BCUT2D eigenvalue weighted by molar-refractivity contribution is -0.119. The number of nitrogens with one attached hydrogen (secondary N) is 1. The van der Waals surface area contributed by atoms with Crippen LogP contribution in [0.3, 0.4) is 0 Å². The van der Waals surface area contributed by atoms with Gasteiger partial charge in [-0.05, 0) is 61.6 Å². The van der Waals surface area contributed by atoms with Crippen molar-refractivity contribution in [1.82, 2.24) is 15.1 Å². The Morgan fingerprint density at radius 3 is 2.88 bits per heavy atom. The van der Waals surface area contributed by atoms with Crippen molar-refractivity contribution in [1.29, 1.82) is 0 Å². The second kappa shape index (κ2) is 7.49. The summed E-state index contributed by atoms with van der Waals surface area (Å²) < 4.78 is 2.16. The van der Waals surface area contributed by atoms with E-state index in [9.17, 15) is 4.79 Å². The molecule has 2 aromatic rings. The topological polar surface area (TPSA) is 71.6 Å². The summed E-state index contributed by atoms with van der Waals surface area (Å²) in [5, 5.41) is 17.4. The van der Waals surface area contributed by atoms with Crippen molar-refractivity contribution in [3.8, 4) is 11.1 Å². The zero-order valence-corrected chi connectivity index (χ0v) is 20.6. The summed E-state index contributed by atoms with van der Waals surface area (Å²) >= 11 is 0. The number of aryl methyl sites for hydroxylation is 1. The van der Waals surface area contributed by atoms with Crippen LogP contribution in [0.5, 0.6) is 0 Å². The molecular formula is C28H33N5O. The number of benzene rings is 1. The lowest BCUT2D eigenvalue weighted by Gasteiger charge is -2.48. The maximum Gasteiger partial charge on any atom is 0.165 e. The van der Waals surface area contributed by atoms with Gasteiger partial charge in [0.25, 0.3) is 0 Å². The third-order valence-corrected chi connectivity index (χ3v) is 8.24. The fourth-order valence-corrected chi connectivity index (χ4v) is 6.82. The Bertz CT molecular complexity index is 1290. The second-order valence-corrected chi connectivity index (χ2v) is 11.1. The maximum absolute atomic E-state index is 13.8.